The van der Waals surface area contributed by atoms with Crippen LogP contribution in [0, 0.1) is 0 Å². The Morgan fingerprint density at radius 2 is 0.516 bits per heavy atom. The maximum atomic E-state index is 2.38. The molecule has 0 amide bonds. The molecule has 302 valence electrons. The molecule has 11 aromatic carbocycles. The molecular formula is C62H44N2. The van der Waals surface area contributed by atoms with Crippen molar-refractivity contribution in [1.29, 1.82) is 0 Å². The number of nitrogens with zero attached hydrogens (tertiary/aromatic N) is 2. The van der Waals surface area contributed by atoms with Crippen molar-refractivity contribution in [3.05, 3.63) is 267 Å². The molecule has 0 atom stereocenters. The molecule has 0 bridgehead atoms. The van der Waals surface area contributed by atoms with Crippen molar-refractivity contribution in [1.82, 2.24) is 0 Å². The zero-order chi connectivity index (χ0) is 42.7. The van der Waals surface area contributed by atoms with Gasteiger partial charge in [0, 0.05) is 33.8 Å². The third-order valence-electron chi connectivity index (χ3n) is 12.3. The SMILES string of the molecule is c1ccc(-c2ccc(-c3ccc(N(c4ccc(-c5ccccc5)cc4)c4ccc(-c5ccc(N(c6ccc7ccccc7c6)c6cccc7ccccc67)cc5)cc4)cc3)cc2)cc1. The smallest absolute Gasteiger partial charge is 0.0540 e. The van der Waals surface area contributed by atoms with Crippen molar-refractivity contribution in [2.75, 3.05) is 9.80 Å². The standard InChI is InChI=1S/C62H44N2/c1-3-12-45(13-4-1)48-22-24-49(25-23-48)51-28-37-57(38-29-51)63(56-35-26-50(27-36-56)46-14-5-2-6-15-46)58-39-30-52(31-40-58)53-32-41-59(42-33-53)64(60-43-34-47-16-7-8-18-55(47)44-60)62-21-11-19-54-17-9-10-20-61(54)62/h1-44H. The molecule has 0 saturated heterocycles. The molecule has 64 heavy (non-hydrogen) atoms. The van der Waals surface area contributed by atoms with Crippen LogP contribution < -0.4 is 9.80 Å². The number of fused-ring (bicyclic) bond motifs is 2. The molecular weight excluding hydrogens is 773 g/mol. The van der Waals surface area contributed by atoms with Gasteiger partial charge in [-0.1, -0.05) is 200 Å². The predicted molar refractivity (Wildman–Crippen MR) is 273 cm³/mol. The number of hydrogen-bond donors (Lipinski definition) is 0. The molecule has 0 fully saturated rings. The van der Waals surface area contributed by atoms with Crippen molar-refractivity contribution >= 4 is 55.7 Å². The Hall–Kier alpha value is -8.46. The van der Waals surface area contributed by atoms with E-state index in [1.807, 2.05) is 0 Å². The van der Waals surface area contributed by atoms with Gasteiger partial charge in [-0.05, 0) is 127 Å². The highest BCUT2D eigenvalue weighted by molar-refractivity contribution is 6.00. The summed E-state index contributed by atoms with van der Waals surface area (Å²) in [5, 5.41) is 4.87. The Labute approximate surface area is 375 Å². The lowest BCUT2D eigenvalue weighted by atomic mass is 10.00. The molecule has 0 aliphatic carbocycles. The van der Waals surface area contributed by atoms with Gasteiger partial charge in [0.1, 0.15) is 0 Å². The summed E-state index contributed by atoms with van der Waals surface area (Å²) in [6.45, 7) is 0. The summed E-state index contributed by atoms with van der Waals surface area (Å²) in [6, 6.07) is 96.2. The van der Waals surface area contributed by atoms with Crippen LogP contribution in [0.25, 0.3) is 66.1 Å². The largest absolute Gasteiger partial charge is 0.311 e. The fourth-order valence-electron chi connectivity index (χ4n) is 8.92. The van der Waals surface area contributed by atoms with Crippen LogP contribution in [-0.2, 0) is 0 Å². The molecule has 11 rings (SSSR count). The molecule has 0 N–H and O–H groups in total. The third kappa shape index (κ3) is 7.70. The number of hydrogen-bond acceptors (Lipinski definition) is 2. The molecule has 2 heteroatoms. The highest BCUT2D eigenvalue weighted by Gasteiger charge is 2.17. The Kier molecular flexibility index (Phi) is 10.3. The van der Waals surface area contributed by atoms with E-state index in [2.05, 4.69) is 277 Å². The summed E-state index contributed by atoms with van der Waals surface area (Å²) in [5.41, 5.74) is 16.2. The maximum Gasteiger partial charge on any atom is 0.0540 e. The maximum absolute atomic E-state index is 2.38. The summed E-state index contributed by atoms with van der Waals surface area (Å²) in [7, 11) is 0. The highest BCUT2D eigenvalue weighted by atomic mass is 15.1. The Bertz CT molecular complexity index is 3320. The van der Waals surface area contributed by atoms with Gasteiger partial charge in [0.05, 0.1) is 5.69 Å². The van der Waals surface area contributed by atoms with Crippen molar-refractivity contribution in [2.45, 2.75) is 0 Å². The van der Waals surface area contributed by atoms with Crippen LogP contribution in [0.5, 0.6) is 0 Å². The van der Waals surface area contributed by atoms with E-state index in [1.165, 1.54) is 54.9 Å². The molecule has 0 unspecified atom stereocenters. The first-order chi connectivity index (χ1) is 31.7. The fraction of sp³-hybridized carbons (Fsp3) is 0. The van der Waals surface area contributed by atoms with E-state index in [9.17, 15) is 0 Å². The molecule has 0 heterocycles. The molecule has 0 radical (unpaired) electrons. The van der Waals surface area contributed by atoms with Crippen molar-refractivity contribution in [3.8, 4) is 44.5 Å². The van der Waals surface area contributed by atoms with Crippen LogP contribution >= 0.6 is 0 Å². The van der Waals surface area contributed by atoms with Gasteiger partial charge >= 0.3 is 0 Å². The zero-order valence-corrected chi connectivity index (χ0v) is 35.3. The molecule has 0 aliphatic heterocycles. The van der Waals surface area contributed by atoms with Crippen LogP contribution in [0.2, 0.25) is 0 Å². The van der Waals surface area contributed by atoms with E-state index in [-0.39, 0.29) is 0 Å². The molecule has 0 spiro atoms. The van der Waals surface area contributed by atoms with E-state index < -0.39 is 0 Å². The molecule has 11 aromatic rings. The molecule has 0 aliphatic rings. The Balaban J connectivity index is 0.918. The van der Waals surface area contributed by atoms with E-state index in [0.717, 1.165) is 45.3 Å². The van der Waals surface area contributed by atoms with Crippen molar-refractivity contribution < 1.29 is 0 Å². The highest BCUT2D eigenvalue weighted by Crippen LogP contribution is 2.42. The van der Waals surface area contributed by atoms with Crippen LogP contribution in [0.1, 0.15) is 0 Å². The Morgan fingerprint density at radius 3 is 0.984 bits per heavy atom. The third-order valence-corrected chi connectivity index (χ3v) is 12.3. The average Bonchev–Trinajstić information content (AvgIpc) is 3.38. The lowest BCUT2D eigenvalue weighted by Crippen LogP contribution is -2.10. The lowest BCUT2D eigenvalue weighted by molar-refractivity contribution is 1.28. The van der Waals surface area contributed by atoms with Crippen LogP contribution in [0.3, 0.4) is 0 Å². The van der Waals surface area contributed by atoms with Crippen molar-refractivity contribution in [2.24, 2.45) is 0 Å². The van der Waals surface area contributed by atoms with E-state index in [4.69, 9.17) is 0 Å². The lowest BCUT2D eigenvalue weighted by Gasteiger charge is -2.27. The summed E-state index contributed by atoms with van der Waals surface area (Å²) in [5.74, 6) is 0. The van der Waals surface area contributed by atoms with Gasteiger partial charge < -0.3 is 9.80 Å². The molecule has 0 aromatic heterocycles. The molecule has 2 nitrogen and oxygen atoms in total. The van der Waals surface area contributed by atoms with Gasteiger partial charge in [-0.15, -0.1) is 0 Å². The minimum Gasteiger partial charge on any atom is -0.311 e. The quantitative estimate of drug-likeness (QED) is 0.136. The first kappa shape index (κ1) is 38.5. The van der Waals surface area contributed by atoms with E-state index in [0.29, 0.717) is 0 Å². The van der Waals surface area contributed by atoms with Gasteiger partial charge in [0.2, 0.25) is 0 Å². The number of rotatable bonds is 10. The first-order valence-corrected chi connectivity index (χ1v) is 21.9. The first-order valence-electron chi connectivity index (χ1n) is 21.9. The van der Waals surface area contributed by atoms with E-state index in [1.54, 1.807) is 0 Å². The fourth-order valence-corrected chi connectivity index (χ4v) is 8.92. The summed E-state index contributed by atoms with van der Waals surface area (Å²) in [4.78, 5) is 4.73. The zero-order valence-electron chi connectivity index (χ0n) is 35.3. The summed E-state index contributed by atoms with van der Waals surface area (Å²) in [6.07, 6.45) is 0. The minimum atomic E-state index is 1.09. The van der Waals surface area contributed by atoms with E-state index >= 15 is 0 Å². The van der Waals surface area contributed by atoms with Crippen LogP contribution in [0.4, 0.5) is 34.1 Å². The topological polar surface area (TPSA) is 6.48 Å². The second-order valence-electron chi connectivity index (χ2n) is 16.2. The predicted octanol–water partition coefficient (Wildman–Crippen LogP) is 17.6. The second kappa shape index (κ2) is 17.1. The van der Waals surface area contributed by atoms with Crippen LogP contribution in [-0.4, -0.2) is 0 Å². The van der Waals surface area contributed by atoms with Gasteiger partial charge in [-0.2, -0.15) is 0 Å². The van der Waals surface area contributed by atoms with Gasteiger partial charge in [-0.25, -0.2) is 0 Å². The van der Waals surface area contributed by atoms with Gasteiger partial charge in [0.25, 0.3) is 0 Å². The Morgan fingerprint density at radius 1 is 0.188 bits per heavy atom. The summed E-state index contributed by atoms with van der Waals surface area (Å²) >= 11 is 0. The minimum absolute atomic E-state index is 1.09. The normalized spacial score (nSPS) is 11.1. The molecule has 0 saturated carbocycles. The summed E-state index contributed by atoms with van der Waals surface area (Å²) < 4.78 is 0. The second-order valence-corrected chi connectivity index (χ2v) is 16.2. The number of anilines is 6. The van der Waals surface area contributed by atoms with Crippen LogP contribution in [0.15, 0.2) is 267 Å². The average molecular weight is 817 g/mol. The van der Waals surface area contributed by atoms with Gasteiger partial charge in [0.15, 0.2) is 0 Å². The number of benzene rings is 11. The monoisotopic (exact) mass is 816 g/mol. The van der Waals surface area contributed by atoms with Gasteiger partial charge in [-0.3, -0.25) is 0 Å². The van der Waals surface area contributed by atoms with Crippen molar-refractivity contribution in [3.63, 3.8) is 0 Å².